The molecule has 3 aromatic carbocycles. The van der Waals surface area contributed by atoms with Crippen molar-refractivity contribution < 1.29 is 9.18 Å². The van der Waals surface area contributed by atoms with Gasteiger partial charge in [0.15, 0.2) is 5.78 Å². The maximum Gasteiger partial charge on any atom is 0.188 e. The molecule has 1 fully saturated rings. The molecular formula is C29H31FN2O. The highest BCUT2D eigenvalue weighted by Crippen LogP contribution is 2.43. The maximum absolute atomic E-state index is 14.0. The van der Waals surface area contributed by atoms with Crippen LogP contribution < -0.4 is 0 Å². The Morgan fingerprint density at radius 1 is 0.879 bits per heavy atom. The van der Waals surface area contributed by atoms with Crippen molar-refractivity contribution in [3.63, 3.8) is 0 Å². The zero-order valence-corrected chi connectivity index (χ0v) is 19.7. The van der Waals surface area contributed by atoms with Gasteiger partial charge >= 0.3 is 0 Å². The standard InChI is InChI=1S/C29H31FN2O/c1-20-14-21(2)16-25(15-20)29(18-23-6-4-5-7-27(23)28(29)33)32-12-10-31(11-13-32)19-24-17-26(30)9-8-22(24)3/h4-9,14-17H,10-13,18-19H2,1-3H3. The van der Waals surface area contributed by atoms with Crippen molar-refractivity contribution in [2.75, 3.05) is 26.2 Å². The van der Waals surface area contributed by atoms with E-state index in [-0.39, 0.29) is 11.6 Å². The zero-order chi connectivity index (χ0) is 23.2. The van der Waals surface area contributed by atoms with Crippen LogP contribution in [0.1, 0.15) is 43.7 Å². The Morgan fingerprint density at radius 3 is 2.27 bits per heavy atom. The van der Waals surface area contributed by atoms with Gasteiger partial charge in [0.2, 0.25) is 0 Å². The number of carbonyl (C=O) groups is 1. The van der Waals surface area contributed by atoms with Gasteiger partial charge in [-0.3, -0.25) is 14.6 Å². The number of fused-ring (bicyclic) bond motifs is 1. The summed E-state index contributed by atoms with van der Waals surface area (Å²) >= 11 is 0. The van der Waals surface area contributed by atoms with Crippen LogP contribution in [0.25, 0.3) is 0 Å². The van der Waals surface area contributed by atoms with E-state index in [1.807, 2.05) is 31.2 Å². The van der Waals surface area contributed by atoms with Crippen LogP contribution in [0.3, 0.4) is 0 Å². The molecule has 170 valence electrons. The monoisotopic (exact) mass is 442 g/mol. The molecule has 1 aliphatic heterocycles. The van der Waals surface area contributed by atoms with Crippen LogP contribution in [0, 0.1) is 26.6 Å². The van der Waals surface area contributed by atoms with Crippen molar-refractivity contribution in [2.45, 2.75) is 39.3 Å². The Balaban J connectivity index is 1.44. The first-order valence-electron chi connectivity index (χ1n) is 11.8. The number of aryl methyl sites for hydroxylation is 3. The molecule has 1 unspecified atom stereocenters. The fraction of sp³-hybridized carbons (Fsp3) is 0.345. The van der Waals surface area contributed by atoms with Crippen LogP contribution in [0.2, 0.25) is 0 Å². The van der Waals surface area contributed by atoms with Gasteiger partial charge in [0.05, 0.1) is 0 Å². The topological polar surface area (TPSA) is 23.6 Å². The minimum absolute atomic E-state index is 0.183. The number of piperazine rings is 1. The molecular weight excluding hydrogens is 411 g/mol. The first-order valence-corrected chi connectivity index (χ1v) is 11.8. The lowest BCUT2D eigenvalue weighted by molar-refractivity contribution is 0.0287. The molecule has 2 aliphatic rings. The molecule has 1 aliphatic carbocycles. The van der Waals surface area contributed by atoms with E-state index in [1.165, 1.54) is 17.2 Å². The molecule has 1 heterocycles. The number of carbonyl (C=O) groups excluding carboxylic acids is 1. The average Bonchev–Trinajstić information content (AvgIpc) is 3.10. The maximum atomic E-state index is 14.0. The number of hydrogen-bond donors (Lipinski definition) is 0. The summed E-state index contributed by atoms with van der Waals surface area (Å²) in [6, 6.07) is 19.7. The molecule has 1 saturated heterocycles. The number of nitrogens with zero attached hydrogens (tertiary/aromatic N) is 2. The Bertz CT molecular complexity index is 1190. The molecule has 33 heavy (non-hydrogen) atoms. The highest BCUT2D eigenvalue weighted by Gasteiger charge is 2.51. The highest BCUT2D eigenvalue weighted by atomic mass is 19.1. The van der Waals surface area contributed by atoms with Crippen molar-refractivity contribution in [3.05, 3.63) is 105 Å². The first kappa shape index (κ1) is 22.0. The van der Waals surface area contributed by atoms with E-state index >= 15 is 0 Å². The number of benzene rings is 3. The smallest absolute Gasteiger partial charge is 0.188 e. The third kappa shape index (κ3) is 3.92. The third-order valence-corrected chi connectivity index (χ3v) is 7.40. The molecule has 4 heteroatoms. The lowest BCUT2D eigenvalue weighted by Gasteiger charge is -2.45. The highest BCUT2D eigenvalue weighted by molar-refractivity contribution is 6.08. The Hall–Kier alpha value is -2.82. The molecule has 0 amide bonds. The number of Topliss-reactive ketones (excluding diaryl/α,β-unsaturated/α-hetero) is 1. The van der Waals surface area contributed by atoms with Crippen LogP contribution in [-0.4, -0.2) is 41.8 Å². The van der Waals surface area contributed by atoms with Gasteiger partial charge in [0.25, 0.3) is 0 Å². The van der Waals surface area contributed by atoms with Gasteiger partial charge in [-0.2, -0.15) is 0 Å². The second kappa shape index (κ2) is 8.51. The molecule has 3 aromatic rings. The summed E-state index contributed by atoms with van der Waals surface area (Å²) in [6.07, 6.45) is 0.716. The van der Waals surface area contributed by atoms with E-state index in [2.05, 4.69) is 47.9 Å². The van der Waals surface area contributed by atoms with E-state index in [1.54, 1.807) is 6.07 Å². The molecule has 1 atom stereocenters. The van der Waals surface area contributed by atoms with Crippen LogP contribution >= 0.6 is 0 Å². The van der Waals surface area contributed by atoms with Gasteiger partial charge in [0, 0.05) is 44.7 Å². The van der Waals surface area contributed by atoms with E-state index < -0.39 is 5.54 Å². The Labute approximate surface area is 195 Å². The molecule has 5 rings (SSSR count). The van der Waals surface area contributed by atoms with E-state index in [0.717, 1.165) is 60.5 Å². The summed E-state index contributed by atoms with van der Waals surface area (Å²) in [5.74, 6) is 0.0369. The van der Waals surface area contributed by atoms with Crippen LogP contribution in [0.4, 0.5) is 4.39 Å². The van der Waals surface area contributed by atoms with Crippen LogP contribution in [-0.2, 0) is 18.5 Å². The fourth-order valence-corrected chi connectivity index (χ4v) is 5.70. The van der Waals surface area contributed by atoms with Crippen molar-refractivity contribution in [1.82, 2.24) is 9.80 Å². The third-order valence-electron chi connectivity index (χ3n) is 7.40. The van der Waals surface area contributed by atoms with Crippen LogP contribution in [0.5, 0.6) is 0 Å². The fourth-order valence-electron chi connectivity index (χ4n) is 5.70. The molecule has 3 nitrogen and oxygen atoms in total. The predicted molar refractivity (Wildman–Crippen MR) is 130 cm³/mol. The normalized spacial score (nSPS) is 21.4. The van der Waals surface area contributed by atoms with Crippen molar-refractivity contribution in [3.8, 4) is 0 Å². The summed E-state index contributed by atoms with van der Waals surface area (Å²) in [6.45, 7) is 10.3. The Kier molecular flexibility index (Phi) is 5.67. The van der Waals surface area contributed by atoms with Gasteiger partial charge in [-0.15, -0.1) is 0 Å². The lowest BCUT2D eigenvalue weighted by atomic mass is 9.82. The second-order valence-corrected chi connectivity index (χ2v) is 9.73. The molecule has 0 bridgehead atoms. The zero-order valence-electron chi connectivity index (χ0n) is 19.7. The van der Waals surface area contributed by atoms with Gasteiger partial charge in [-0.05, 0) is 55.2 Å². The van der Waals surface area contributed by atoms with E-state index in [4.69, 9.17) is 0 Å². The average molecular weight is 443 g/mol. The van der Waals surface area contributed by atoms with Crippen molar-refractivity contribution in [1.29, 1.82) is 0 Å². The summed E-state index contributed by atoms with van der Waals surface area (Å²) in [5.41, 5.74) is 6.98. The number of halogens is 1. The van der Waals surface area contributed by atoms with Gasteiger partial charge in [-0.25, -0.2) is 4.39 Å². The SMILES string of the molecule is Cc1cc(C)cc(C2(N3CCN(Cc4cc(F)ccc4C)CC3)Cc3ccccc3C2=O)c1. The minimum Gasteiger partial charge on any atom is -0.297 e. The number of hydrogen-bond acceptors (Lipinski definition) is 3. The quantitative estimate of drug-likeness (QED) is 0.555. The van der Waals surface area contributed by atoms with Crippen molar-refractivity contribution in [2.24, 2.45) is 0 Å². The largest absolute Gasteiger partial charge is 0.297 e. The summed E-state index contributed by atoms with van der Waals surface area (Å²) in [7, 11) is 0. The molecule has 0 radical (unpaired) electrons. The van der Waals surface area contributed by atoms with Crippen LogP contribution in [0.15, 0.2) is 60.7 Å². The summed E-state index contributed by atoms with van der Waals surface area (Å²) < 4.78 is 13.8. The Morgan fingerprint density at radius 2 is 1.58 bits per heavy atom. The number of ketones is 1. The molecule has 0 saturated carbocycles. The summed E-state index contributed by atoms with van der Waals surface area (Å²) in [4.78, 5) is 18.8. The van der Waals surface area contributed by atoms with Gasteiger partial charge < -0.3 is 0 Å². The molecule has 0 aromatic heterocycles. The van der Waals surface area contributed by atoms with Gasteiger partial charge in [0.1, 0.15) is 11.4 Å². The van der Waals surface area contributed by atoms with E-state index in [9.17, 15) is 9.18 Å². The minimum atomic E-state index is -0.651. The molecule has 0 spiro atoms. The first-order chi connectivity index (χ1) is 15.9. The lowest BCUT2D eigenvalue weighted by Crippen LogP contribution is -2.58. The second-order valence-electron chi connectivity index (χ2n) is 9.73. The molecule has 0 N–H and O–H groups in total. The summed E-state index contributed by atoms with van der Waals surface area (Å²) in [5, 5.41) is 0. The van der Waals surface area contributed by atoms with Gasteiger partial charge in [-0.1, -0.05) is 59.7 Å². The predicted octanol–water partition coefficient (Wildman–Crippen LogP) is 5.20. The van der Waals surface area contributed by atoms with Crippen molar-refractivity contribution >= 4 is 5.78 Å². The number of rotatable bonds is 4. The van der Waals surface area contributed by atoms with E-state index in [0.29, 0.717) is 6.42 Å².